The molecule has 0 saturated heterocycles. The SMILES string of the molecule is CCCCCCCCCCCCCCCCCC(F)(CCCCCCC)C(=O)NCCC[N+](C)(C)C. The summed E-state index contributed by atoms with van der Waals surface area (Å²) in [6.45, 7) is 6.03. The van der Waals surface area contributed by atoms with E-state index in [1.165, 1.54) is 96.3 Å². The van der Waals surface area contributed by atoms with Crippen molar-refractivity contribution in [2.24, 2.45) is 0 Å². The van der Waals surface area contributed by atoms with Crippen molar-refractivity contribution in [3.63, 3.8) is 0 Å². The number of unbranched alkanes of at least 4 members (excludes halogenated alkanes) is 18. The predicted molar refractivity (Wildman–Crippen MR) is 157 cm³/mol. The lowest BCUT2D eigenvalue weighted by molar-refractivity contribution is -0.870. The molecule has 0 saturated carbocycles. The van der Waals surface area contributed by atoms with Gasteiger partial charge in [-0.15, -0.1) is 0 Å². The molecule has 1 amide bonds. The van der Waals surface area contributed by atoms with Crippen molar-refractivity contribution in [2.45, 2.75) is 167 Å². The molecule has 0 aliphatic carbocycles. The third-order valence-electron chi connectivity index (χ3n) is 7.55. The van der Waals surface area contributed by atoms with Crippen molar-refractivity contribution in [3.8, 4) is 0 Å². The lowest BCUT2D eigenvalue weighted by atomic mass is 9.90. The first-order valence-electron chi connectivity index (χ1n) is 16.0. The smallest absolute Gasteiger partial charge is 0.257 e. The van der Waals surface area contributed by atoms with Crippen LogP contribution in [-0.2, 0) is 4.79 Å². The zero-order valence-electron chi connectivity index (χ0n) is 25.4. The molecule has 4 heteroatoms. The van der Waals surface area contributed by atoms with E-state index in [2.05, 4.69) is 40.3 Å². The molecule has 1 atom stereocenters. The number of hydrogen-bond donors (Lipinski definition) is 1. The number of nitrogens with zero attached hydrogens (tertiary/aromatic N) is 1. The van der Waals surface area contributed by atoms with Crippen LogP contribution in [0.25, 0.3) is 0 Å². The number of carbonyl (C=O) groups is 1. The Balaban J connectivity index is 4.04. The van der Waals surface area contributed by atoms with Gasteiger partial charge in [-0.25, -0.2) is 4.39 Å². The number of alkyl halides is 1. The molecule has 0 aromatic heterocycles. The minimum Gasteiger partial charge on any atom is -0.353 e. The van der Waals surface area contributed by atoms with Gasteiger partial charge in [0, 0.05) is 13.0 Å². The summed E-state index contributed by atoms with van der Waals surface area (Å²) in [6, 6.07) is 0. The summed E-state index contributed by atoms with van der Waals surface area (Å²) in [5.74, 6) is -0.357. The van der Waals surface area contributed by atoms with Crippen molar-refractivity contribution in [3.05, 3.63) is 0 Å². The van der Waals surface area contributed by atoms with Gasteiger partial charge in [-0.05, 0) is 25.7 Å². The van der Waals surface area contributed by atoms with E-state index in [0.717, 1.165) is 49.6 Å². The second-order valence-electron chi connectivity index (χ2n) is 12.5. The standard InChI is InChI=1S/C32H65FN2O/c1-6-8-10-12-13-14-15-16-17-18-19-20-21-23-25-28-32(33,27-24-22-11-9-7-2)31(36)34-29-26-30-35(3,4)5/h6-30H2,1-5H3/p+1. The molecule has 216 valence electrons. The van der Waals surface area contributed by atoms with Crippen molar-refractivity contribution >= 4 is 5.91 Å². The van der Waals surface area contributed by atoms with E-state index in [0.29, 0.717) is 19.4 Å². The molecule has 0 heterocycles. The average Bonchev–Trinajstić information content (AvgIpc) is 2.83. The number of amides is 1. The van der Waals surface area contributed by atoms with E-state index in [4.69, 9.17) is 0 Å². The van der Waals surface area contributed by atoms with Gasteiger partial charge < -0.3 is 9.80 Å². The molecule has 36 heavy (non-hydrogen) atoms. The van der Waals surface area contributed by atoms with E-state index in [-0.39, 0.29) is 5.91 Å². The van der Waals surface area contributed by atoms with Crippen molar-refractivity contribution < 1.29 is 13.7 Å². The Labute approximate surface area is 226 Å². The van der Waals surface area contributed by atoms with Crippen LogP contribution in [0.1, 0.15) is 162 Å². The van der Waals surface area contributed by atoms with E-state index in [9.17, 15) is 4.79 Å². The number of nitrogens with one attached hydrogen (secondary N) is 1. The summed E-state index contributed by atoms with van der Waals surface area (Å²) in [5.41, 5.74) is -1.68. The number of hydrogen-bond acceptors (Lipinski definition) is 1. The topological polar surface area (TPSA) is 29.1 Å². The van der Waals surface area contributed by atoms with Crippen LogP contribution in [0, 0.1) is 0 Å². The summed E-state index contributed by atoms with van der Waals surface area (Å²) < 4.78 is 16.7. The van der Waals surface area contributed by atoms with Crippen LogP contribution in [-0.4, -0.2) is 50.3 Å². The molecule has 0 aliphatic rings. The second-order valence-corrected chi connectivity index (χ2v) is 12.5. The largest absolute Gasteiger partial charge is 0.353 e. The molecule has 1 unspecified atom stereocenters. The summed E-state index contributed by atoms with van der Waals surface area (Å²) in [6.07, 6.45) is 26.6. The maximum Gasteiger partial charge on any atom is 0.257 e. The summed E-state index contributed by atoms with van der Waals surface area (Å²) in [7, 11) is 6.44. The summed E-state index contributed by atoms with van der Waals surface area (Å²) >= 11 is 0. The van der Waals surface area contributed by atoms with E-state index in [1.807, 2.05) is 0 Å². The fourth-order valence-electron chi connectivity index (χ4n) is 5.05. The third-order valence-corrected chi connectivity index (χ3v) is 7.55. The van der Waals surface area contributed by atoms with Gasteiger partial charge in [0.25, 0.3) is 5.91 Å². The van der Waals surface area contributed by atoms with E-state index in [1.54, 1.807) is 0 Å². The lowest BCUT2D eigenvalue weighted by Gasteiger charge is -2.26. The highest BCUT2D eigenvalue weighted by atomic mass is 19.1. The first kappa shape index (κ1) is 35.4. The Morgan fingerprint density at radius 3 is 1.25 bits per heavy atom. The third kappa shape index (κ3) is 22.5. The van der Waals surface area contributed by atoms with E-state index < -0.39 is 5.67 Å². The fraction of sp³-hybridized carbons (Fsp3) is 0.969. The minimum absolute atomic E-state index is 0.357. The molecule has 3 nitrogen and oxygen atoms in total. The summed E-state index contributed by atoms with van der Waals surface area (Å²) in [4.78, 5) is 12.8. The van der Waals surface area contributed by atoms with Crippen LogP contribution in [0.3, 0.4) is 0 Å². The Bertz CT molecular complexity index is 491. The van der Waals surface area contributed by atoms with Gasteiger partial charge in [0.2, 0.25) is 0 Å². The van der Waals surface area contributed by atoms with Crippen LogP contribution in [0.4, 0.5) is 4.39 Å². The van der Waals surface area contributed by atoms with Crippen LogP contribution in [0.5, 0.6) is 0 Å². The van der Waals surface area contributed by atoms with E-state index >= 15 is 4.39 Å². The van der Waals surface area contributed by atoms with Gasteiger partial charge in [0.1, 0.15) is 0 Å². The van der Waals surface area contributed by atoms with Gasteiger partial charge in [-0.2, -0.15) is 0 Å². The first-order valence-corrected chi connectivity index (χ1v) is 16.0. The molecular weight excluding hydrogens is 447 g/mol. The molecule has 0 aromatic rings. The lowest BCUT2D eigenvalue weighted by Crippen LogP contribution is -2.45. The number of carbonyl (C=O) groups excluding carboxylic acids is 1. The van der Waals surface area contributed by atoms with Gasteiger partial charge in [-0.1, -0.05) is 129 Å². The van der Waals surface area contributed by atoms with Crippen LogP contribution >= 0.6 is 0 Å². The number of halogens is 1. The zero-order valence-corrected chi connectivity index (χ0v) is 25.4. The molecule has 1 N–H and O–H groups in total. The highest BCUT2D eigenvalue weighted by Crippen LogP contribution is 2.28. The molecule has 0 aliphatic heterocycles. The zero-order chi connectivity index (χ0) is 27.0. The quantitative estimate of drug-likeness (QED) is 0.0859. The van der Waals surface area contributed by atoms with Crippen molar-refractivity contribution in [1.29, 1.82) is 0 Å². The Hall–Kier alpha value is -0.640. The van der Waals surface area contributed by atoms with Gasteiger partial charge >= 0.3 is 0 Å². The highest BCUT2D eigenvalue weighted by molar-refractivity contribution is 5.84. The van der Waals surface area contributed by atoms with Crippen molar-refractivity contribution in [2.75, 3.05) is 34.2 Å². The average molecular weight is 514 g/mol. The van der Waals surface area contributed by atoms with Crippen molar-refractivity contribution in [1.82, 2.24) is 5.32 Å². The Morgan fingerprint density at radius 1 is 0.583 bits per heavy atom. The molecule has 0 spiro atoms. The maximum atomic E-state index is 15.8. The predicted octanol–water partition coefficient (Wildman–Crippen LogP) is 9.53. The normalized spacial score (nSPS) is 13.6. The van der Waals surface area contributed by atoms with Gasteiger partial charge in [-0.3, -0.25) is 4.79 Å². The van der Waals surface area contributed by atoms with Crippen LogP contribution < -0.4 is 5.32 Å². The monoisotopic (exact) mass is 514 g/mol. The number of quaternary nitrogens is 1. The first-order chi connectivity index (χ1) is 17.2. The fourth-order valence-corrected chi connectivity index (χ4v) is 5.05. The molecule has 0 radical (unpaired) electrons. The van der Waals surface area contributed by atoms with Crippen LogP contribution in [0.2, 0.25) is 0 Å². The summed E-state index contributed by atoms with van der Waals surface area (Å²) in [5, 5.41) is 2.93. The highest BCUT2D eigenvalue weighted by Gasteiger charge is 2.37. The number of rotatable bonds is 27. The molecule has 0 fully saturated rings. The maximum absolute atomic E-state index is 15.8. The molecule has 0 rings (SSSR count). The molecule has 0 aromatic carbocycles. The van der Waals surface area contributed by atoms with Crippen LogP contribution in [0.15, 0.2) is 0 Å². The van der Waals surface area contributed by atoms with Gasteiger partial charge in [0.15, 0.2) is 5.67 Å². The van der Waals surface area contributed by atoms with Gasteiger partial charge in [0.05, 0.1) is 27.7 Å². The molecular formula is C32H66FN2O+. The molecule has 0 bridgehead atoms. The minimum atomic E-state index is -1.68. The Kier molecular flexibility index (Phi) is 23.1. The second kappa shape index (κ2) is 23.5. The Morgan fingerprint density at radius 2 is 0.917 bits per heavy atom.